The lowest BCUT2D eigenvalue weighted by molar-refractivity contribution is 0.112. The van der Waals surface area contributed by atoms with Gasteiger partial charge < -0.3 is 4.74 Å². The molecule has 0 aliphatic heterocycles. The van der Waals surface area contributed by atoms with E-state index in [1.807, 2.05) is 0 Å². The normalized spacial score (nSPS) is 11.0. The van der Waals surface area contributed by atoms with E-state index >= 15 is 0 Å². The van der Waals surface area contributed by atoms with Crippen molar-refractivity contribution in [3.63, 3.8) is 0 Å². The second-order valence-electron chi connectivity index (χ2n) is 2.50. The van der Waals surface area contributed by atoms with Gasteiger partial charge in [0.25, 0.3) is 10.1 Å². The summed E-state index contributed by atoms with van der Waals surface area (Å²) in [5.74, 6) is -0.0582. The van der Waals surface area contributed by atoms with Crippen LogP contribution in [0.25, 0.3) is 0 Å². The molecule has 0 radical (unpaired) electrons. The number of methoxy groups -OCH3 is 1. The molecule has 76 valence electrons. The van der Waals surface area contributed by atoms with E-state index in [1.54, 1.807) is 0 Å². The Morgan fingerprint density at radius 3 is 2.50 bits per heavy atom. The summed E-state index contributed by atoms with van der Waals surface area (Å²) in [5, 5.41) is 0. The number of hydrogen-bond acceptors (Lipinski definition) is 4. The molecule has 14 heavy (non-hydrogen) atoms. The summed E-state index contributed by atoms with van der Waals surface area (Å²) in [6, 6.07) is 3.62. The topological polar surface area (TPSA) is 80.7 Å². The maximum absolute atomic E-state index is 10.8. The molecule has 0 bridgehead atoms. The fourth-order valence-electron chi connectivity index (χ4n) is 0.971. The molecular formula is C8H8O5S. The molecule has 0 saturated heterocycles. The maximum atomic E-state index is 10.8. The van der Waals surface area contributed by atoms with Crippen molar-refractivity contribution in [2.45, 2.75) is 4.90 Å². The average molecular weight is 216 g/mol. The number of benzene rings is 1. The number of rotatable bonds is 3. The third-order valence-electron chi connectivity index (χ3n) is 1.60. The van der Waals surface area contributed by atoms with Crippen LogP contribution in [0.3, 0.4) is 0 Å². The predicted octanol–water partition coefficient (Wildman–Crippen LogP) is 0.754. The van der Waals surface area contributed by atoms with E-state index in [1.165, 1.54) is 19.2 Å². The first-order chi connectivity index (χ1) is 6.49. The summed E-state index contributed by atoms with van der Waals surface area (Å²) in [5.41, 5.74) is 0.272. The minimum absolute atomic E-state index is 0.0582. The van der Waals surface area contributed by atoms with Crippen LogP contribution in [-0.2, 0) is 10.1 Å². The number of carbonyl (C=O) groups is 1. The monoisotopic (exact) mass is 216 g/mol. The average Bonchev–Trinajstić information content (AvgIpc) is 2.15. The van der Waals surface area contributed by atoms with Crippen LogP contribution in [0, 0.1) is 0 Å². The van der Waals surface area contributed by atoms with Crippen LogP contribution in [0.4, 0.5) is 0 Å². The zero-order valence-corrected chi connectivity index (χ0v) is 8.11. The Hall–Kier alpha value is -1.40. The summed E-state index contributed by atoms with van der Waals surface area (Å²) in [6.07, 6.45) is 0.552. The Morgan fingerprint density at radius 1 is 1.43 bits per heavy atom. The van der Waals surface area contributed by atoms with Gasteiger partial charge in [0.05, 0.1) is 7.11 Å². The highest BCUT2D eigenvalue weighted by molar-refractivity contribution is 7.86. The summed E-state index contributed by atoms with van der Waals surface area (Å²) in [6.45, 7) is 0. The van der Waals surface area contributed by atoms with E-state index in [2.05, 4.69) is 0 Å². The van der Waals surface area contributed by atoms with Crippen molar-refractivity contribution in [1.82, 2.24) is 0 Å². The molecule has 1 rings (SSSR count). The van der Waals surface area contributed by atoms with Crippen LogP contribution in [0.15, 0.2) is 23.1 Å². The molecule has 0 spiro atoms. The summed E-state index contributed by atoms with van der Waals surface area (Å²) in [7, 11) is -3.06. The molecule has 1 aromatic carbocycles. The molecular weight excluding hydrogens is 208 g/mol. The third-order valence-corrected chi connectivity index (χ3v) is 2.49. The van der Waals surface area contributed by atoms with Gasteiger partial charge in [0.1, 0.15) is 16.9 Å². The lowest BCUT2D eigenvalue weighted by atomic mass is 10.2. The van der Waals surface area contributed by atoms with E-state index in [0.717, 1.165) is 6.07 Å². The molecule has 1 aromatic rings. The van der Waals surface area contributed by atoms with Gasteiger partial charge in [0.15, 0.2) is 0 Å². The molecule has 0 amide bonds. The van der Waals surface area contributed by atoms with Crippen molar-refractivity contribution < 1.29 is 22.5 Å². The van der Waals surface area contributed by atoms with Crippen LogP contribution in [0.1, 0.15) is 10.4 Å². The van der Waals surface area contributed by atoms with Gasteiger partial charge in [-0.2, -0.15) is 8.42 Å². The highest BCUT2D eigenvalue weighted by Gasteiger charge is 2.16. The van der Waals surface area contributed by atoms with Gasteiger partial charge in [-0.15, -0.1) is 0 Å². The standard InChI is InChI=1S/C8H8O5S/c1-13-7-4-6(5-9)2-3-8(7)14(10,11)12/h2-5H,1H3,(H,10,11,12). The Labute approximate surface area is 81.1 Å². The maximum Gasteiger partial charge on any atom is 0.298 e. The highest BCUT2D eigenvalue weighted by Crippen LogP contribution is 2.23. The first-order valence-electron chi connectivity index (χ1n) is 3.59. The molecule has 1 N–H and O–H groups in total. The van der Waals surface area contributed by atoms with E-state index in [-0.39, 0.29) is 16.2 Å². The van der Waals surface area contributed by atoms with Gasteiger partial charge in [-0.25, -0.2) is 0 Å². The quantitative estimate of drug-likeness (QED) is 0.595. The molecule has 0 heterocycles. The number of aldehydes is 1. The van der Waals surface area contributed by atoms with E-state index in [9.17, 15) is 13.2 Å². The molecule has 0 aliphatic carbocycles. The fraction of sp³-hybridized carbons (Fsp3) is 0.125. The Morgan fingerprint density at radius 2 is 2.07 bits per heavy atom. The van der Waals surface area contributed by atoms with Crippen molar-refractivity contribution >= 4 is 16.4 Å². The van der Waals surface area contributed by atoms with Gasteiger partial charge in [-0.1, -0.05) is 6.07 Å². The van der Waals surface area contributed by atoms with Crippen LogP contribution >= 0.6 is 0 Å². The van der Waals surface area contributed by atoms with Crippen LogP contribution in [0.5, 0.6) is 5.75 Å². The van der Waals surface area contributed by atoms with Crippen molar-refractivity contribution in [3.05, 3.63) is 23.8 Å². The molecule has 0 aromatic heterocycles. The SMILES string of the molecule is COc1cc(C=O)ccc1S(=O)(=O)O. The smallest absolute Gasteiger partial charge is 0.298 e. The predicted molar refractivity (Wildman–Crippen MR) is 48.2 cm³/mol. The Kier molecular flexibility index (Phi) is 2.87. The summed E-state index contributed by atoms with van der Waals surface area (Å²) in [4.78, 5) is 10.0. The number of hydrogen-bond donors (Lipinski definition) is 1. The Bertz CT molecular complexity index is 449. The minimum atomic E-state index is -4.31. The van der Waals surface area contributed by atoms with Gasteiger partial charge >= 0.3 is 0 Å². The highest BCUT2D eigenvalue weighted by atomic mass is 32.2. The van der Waals surface area contributed by atoms with Crippen molar-refractivity contribution in [1.29, 1.82) is 0 Å². The number of carbonyl (C=O) groups excluding carboxylic acids is 1. The molecule has 5 nitrogen and oxygen atoms in total. The van der Waals surface area contributed by atoms with Gasteiger partial charge in [0.2, 0.25) is 0 Å². The van der Waals surface area contributed by atoms with Crippen molar-refractivity contribution in [2.24, 2.45) is 0 Å². The second-order valence-corrected chi connectivity index (χ2v) is 3.89. The van der Waals surface area contributed by atoms with E-state index < -0.39 is 10.1 Å². The molecule has 0 aliphatic rings. The Balaban J connectivity index is 3.40. The zero-order valence-electron chi connectivity index (χ0n) is 7.30. The zero-order chi connectivity index (χ0) is 10.8. The largest absolute Gasteiger partial charge is 0.495 e. The van der Waals surface area contributed by atoms with Crippen molar-refractivity contribution in [3.8, 4) is 5.75 Å². The molecule has 0 saturated carbocycles. The summed E-state index contributed by atoms with van der Waals surface area (Å²) < 4.78 is 35.1. The van der Waals surface area contributed by atoms with E-state index in [4.69, 9.17) is 9.29 Å². The van der Waals surface area contributed by atoms with Gasteiger partial charge in [0, 0.05) is 5.56 Å². The first kappa shape index (κ1) is 10.7. The van der Waals surface area contributed by atoms with Crippen LogP contribution in [0.2, 0.25) is 0 Å². The fourth-order valence-corrected chi connectivity index (χ4v) is 1.61. The molecule has 0 fully saturated rings. The minimum Gasteiger partial charge on any atom is -0.495 e. The molecule has 6 heteroatoms. The second kappa shape index (κ2) is 3.77. The van der Waals surface area contributed by atoms with Crippen molar-refractivity contribution in [2.75, 3.05) is 7.11 Å². The third kappa shape index (κ3) is 2.09. The van der Waals surface area contributed by atoms with Crippen LogP contribution in [-0.4, -0.2) is 26.4 Å². The lowest BCUT2D eigenvalue weighted by Crippen LogP contribution is -2.01. The van der Waals surface area contributed by atoms with Gasteiger partial charge in [-0.05, 0) is 12.1 Å². The number of ether oxygens (including phenoxy) is 1. The van der Waals surface area contributed by atoms with E-state index in [0.29, 0.717) is 6.29 Å². The van der Waals surface area contributed by atoms with Crippen LogP contribution < -0.4 is 4.74 Å². The molecule has 0 unspecified atom stereocenters. The molecule has 0 atom stereocenters. The van der Waals surface area contributed by atoms with Gasteiger partial charge in [-0.3, -0.25) is 9.35 Å². The lowest BCUT2D eigenvalue weighted by Gasteiger charge is -2.05. The summed E-state index contributed by atoms with van der Waals surface area (Å²) >= 11 is 0. The first-order valence-corrected chi connectivity index (χ1v) is 5.03.